The van der Waals surface area contributed by atoms with Gasteiger partial charge in [0.1, 0.15) is 5.82 Å². The molecule has 1 fully saturated rings. The van der Waals surface area contributed by atoms with Gasteiger partial charge in [0.05, 0.1) is 6.54 Å². The number of alkyl halides is 4. The van der Waals surface area contributed by atoms with Crippen molar-refractivity contribution >= 4 is 21.7 Å². The minimum absolute atomic E-state index is 0.418. The number of rotatable bonds is 3. The highest BCUT2D eigenvalue weighted by atomic mass is 79.9. The van der Waals surface area contributed by atoms with Crippen LogP contribution in [0.25, 0.3) is 0 Å². The van der Waals surface area contributed by atoms with Gasteiger partial charge in [0, 0.05) is 37.7 Å². The molecule has 1 aromatic heterocycles. The topological polar surface area (TPSA) is 19.4 Å². The molecule has 0 saturated carbocycles. The summed E-state index contributed by atoms with van der Waals surface area (Å²) in [6, 6.07) is 3.88. The molecule has 1 aliphatic heterocycles. The van der Waals surface area contributed by atoms with Crippen LogP contribution in [-0.4, -0.2) is 48.8 Å². The number of hydrogen-bond acceptors (Lipinski definition) is 3. The predicted octanol–water partition coefficient (Wildman–Crippen LogP) is 2.66. The number of nitrogens with zero attached hydrogens (tertiary/aromatic N) is 3. The number of halogens is 4. The predicted molar refractivity (Wildman–Crippen MR) is 71.6 cm³/mol. The first-order chi connectivity index (χ1) is 8.98. The Bertz CT molecular complexity index is 400. The minimum atomic E-state index is -4.11. The van der Waals surface area contributed by atoms with Gasteiger partial charge in [0.25, 0.3) is 0 Å². The summed E-state index contributed by atoms with van der Waals surface area (Å²) in [7, 11) is 0. The molecule has 1 saturated heterocycles. The van der Waals surface area contributed by atoms with Crippen LogP contribution in [0.1, 0.15) is 5.56 Å². The van der Waals surface area contributed by atoms with E-state index < -0.39 is 12.7 Å². The zero-order valence-electron chi connectivity index (χ0n) is 10.3. The molecular formula is C12H15BrF3N3. The van der Waals surface area contributed by atoms with Crippen LogP contribution in [0, 0.1) is 0 Å². The molecule has 0 aliphatic carbocycles. The molecule has 0 spiro atoms. The zero-order chi connectivity index (χ0) is 13.9. The Hall–Kier alpha value is -0.820. The molecule has 106 valence electrons. The van der Waals surface area contributed by atoms with Gasteiger partial charge in [0.15, 0.2) is 0 Å². The molecule has 2 rings (SSSR count). The molecular weight excluding hydrogens is 323 g/mol. The van der Waals surface area contributed by atoms with Gasteiger partial charge in [-0.1, -0.05) is 22.0 Å². The second-order valence-corrected chi connectivity index (χ2v) is 5.10. The molecule has 0 unspecified atom stereocenters. The zero-order valence-corrected chi connectivity index (χ0v) is 11.9. The summed E-state index contributed by atoms with van der Waals surface area (Å²) in [6.45, 7) is 1.17. The highest BCUT2D eigenvalue weighted by Gasteiger charge is 2.32. The van der Waals surface area contributed by atoms with Gasteiger partial charge in [-0.2, -0.15) is 13.2 Å². The fourth-order valence-corrected chi connectivity index (χ4v) is 2.40. The first kappa shape index (κ1) is 14.6. The van der Waals surface area contributed by atoms with Crippen LogP contribution in [0.3, 0.4) is 0 Å². The maximum absolute atomic E-state index is 12.3. The Balaban J connectivity index is 1.88. The van der Waals surface area contributed by atoms with E-state index in [-0.39, 0.29) is 0 Å². The van der Waals surface area contributed by atoms with Crippen LogP contribution in [0.15, 0.2) is 18.3 Å². The summed E-state index contributed by atoms with van der Waals surface area (Å²) >= 11 is 3.35. The van der Waals surface area contributed by atoms with Gasteiger partial charge in [-0.05, 0) is 11.6 Å². The summed E-state index contributed by atoms with van der Waals surface area (Å²) in [5, 5.41) is 0.750. The number of aromatic nitrogens is 1. The normalized spacial score (nSPS) is 17.8. The van der Waals surface area contributed by atoms with Gasteiger partial charge < -0.3 is 4.90 Å². The monoisotopic (exact) mass is 337 g/mol. The number of piperazine rings is 1. The Morgan fingerprint density at radius 2 is 1.84 bits per heavy atom. The number of hydrogen-bond donors (Lipinski definition) is 0. The van der Waals surface area contributed by atoms with Crippen LogP contribution in [0.4, 0.5) is 19.0 Å². The summed E-state index contributed by atoms with van der Waals surface area (Å²) in [6.07, 6.45) is -2.33. The van der Waals surface area contributed by atoms with Gasteiger partial charge in [-0.15, -0.1) is 0 Å². The van der Waals surface area contributed by atoms with Crippen molar-refractivity contribution in [3.05, 3.63) is 23.9 Å². The first-order valence-electron chi connectivity index (χ1n) is 6.03. The maximum Gasteiger partial charge on any atom is 0.401 e. The third-order valence-electron chi connectivity index (χ3n) is 3.06. The summed E-state index contributed by atoms with van der Waals surface area (Å²) in [5.74, 6) is 0.830. The SMILES string of the molecule is FC(F)(F)CN1CCN(c2ccc(CBr)cn2)CC1. The van der Waals surface area contributed by atoms with E-state index >= 15 is 0 Å². The van der Waals surface area contributed by atoms with Crippen molar-refractivity contribution < 1.29 is 13.2 Å². The second-order valence-electron chi connectivity index (χ2n) is 4.54. The highest BCUT2D eigenvalue weighted by Crippen LogP contribution is 2.19. The number of anilines is 1. The van der Waals surface area contributed by atoms with E-state index in [4.69, 9.17) is 0 Å². The molecule has 1 aromatic rings. The van der Waals surface area contributed by atoms with E-state index in [1.807, 2.05) is 17.0 Å². The van der Waals surface area contributed by atoms with E-state index in [2.05, 4.69) is 20.9 Å². The van der Waals surface area contributed by atoms with E-state index in [0.29, 0.717) is 26.2 Å². The van der Waals surface area contributed by atoms with E-state index in [1.165, 1.54) is 4.90 Å². The summed E-state index contributed by atoms with van der Waals surface area (Å²) in [5.41, 5.74) is 1.08. The molecule has 0 amide bonds. The second kappa shape index (κ2) is 6.09. The van der Waals surface area contributed by atoms with Gasteiger partial charge in [-0.25, -0.2) is 4.98 Å². The Morgan fingerprint density at radius 1 is 1.16 bits per heavy atom. The third kappa shape index (κ3) is 4.35. The standard InChI is InChI=1S/C12H15BrF3N3/c13-7-10-1-2-11(17-8-10)19-5-3-18(4-6-19)9-12(14,15)16/h1-2,8H,3-7,9H2. The quantitative estimate of drug-likeness (QED) is 0.790. The van der Waals surface area contributed by atoms with Crippen LogP contribution in [0.5, 0.6) is 0 Å². The van der Waals surface area contributed by atoms with E-state index in [9.17, 15) is 13.2 Å². The first-order valence-corrected chi connectivity index (χ1v) is 7.15. The molecule has 3 nitrogen and oxygen atoms in total. The minimum Gasteiger partial charge on any atom is -0.354 e. The highest BCUT2D eigenvalue weighted by molar-refractivity contribution is 9.08. The average molecular weight is 338 g/mol. The molecule has 2 heterocycles. The van der Waals surface area contributed by atoms with Crippen molar-refractivity contribution in [2.24, 2.45) is 0 Å². The lowest BCUT2D eigenvalue weighted by atomic mass is 10.2. The smallest absolute Gasteiger partial charge is 0.354 e. The van der Waals surface area contributed by atoms with E-state index in [1.54, 1.807) is 6.20 Å². The molecule has 0 radical (unpaired) electrons. The van der Waals surface area contributed by atoms with Gasteiger partial charge in [-0.3, -0.25) is 4.90 Å². The van der Waals surface area contributed by atoms with Crippen LogP contribution < -0.4 is 4.90 Å². The van der Waals surface area contributed by atoms with Crippen LogP contribution in [0.2, 0.25) is 0 Å². The van der Waals surface area contributed by atoms with Crippen LogP contribution in [-0.2, 0) is 5.33 Å². The summed E-state index contributed by atoms with van der Waals surface area (Å²) < 4.78 is 36.8. The van der Waals surface area contributed by atoms with Crippen molar-refractivity contribution in [3.8, 4) is 0 Å². The van der Waals surface area contributed by atoms with E-state index in [0.717, 1.165) is 16.7 Å². The fraction of sp³-hybridized carbons (Fsp3) is 0.583. The Morgan fingerprint density at radius 3 is 2.32 bits per heavy atom. The van der Waals surface area contributed by atoms with Crippen molar-refractivity contribution in [3.63, 3.8) is 0 Å². The van der Waals surface area contributed by atoms with Gasteiger partial charge >= 0.3 is 6.18 Å². The molecule has 0 N–H and O–H groups in total. The Labute approximate surface area is 118 Å². The van der Waals surface area contributed by atoms with Crippen molar-refractivity contribution in [1.82, 2.24) is 9.88 Å². The molecule has 0 bridgehead atoms. The lowest BCUT2D eigenvalue weighted by Gasteiger charge is -2.35. The fourth-order valence-electron chi connectivity index (χ4n) is 2.07. The van der Waals surface area contributed by atoms with Crippen molar-refractivity contribution in [1.29, 1.82) is 0 Å². The molecule has 19 heavy (non-hydrogen) atoms. The molecule has 1 aliphatic rings. The number of pyridine rings is 1. The van der Waals surface area contributed by atoms with Crippen molar-refractivity contribution in [2.75, 3.05) is 37.6 Å². The maximum atomic E-state index is 12.3. The molecule has 0 atom stereocenters. The lowest BCUT2D eigenvalue weighted by molar-refractivity contribution is -0.146. The van der Waals surface area contributed by atoms with Crippen molar-refractivity contribution in [2.45, 2.75) is 11.5 Å². The van der Waals surface area contributed by atoms with Crippen LogP contribution >= 0.6 is 15.9 Å². The van der Waals surface area contributed by atoms with Gasteiger partial charge in [0.2, 0.25) is 0 Å². The largest absolute Gasteiger partial charge is 0.401 e. The molecule has 7 heteroatoms. The average Bonchev–Trinajstić information content (AvgIpc) is 2.38. The third-order valence-corrected chi connectivity index (χ3v) is 3.71. The molecule has 0 aromatic carbocycles. The lowest BCUT2D eigenvalue weighted by Crippen LogP contribution is -2.49. The Kier molecular flexibility index (Phi) is 4.67. The summed E-state index contributed by atoms with van der Waals surface area (Å²) in [4.78, 5) is 7.78.